The molecule has 20 heavy (non-hydrogen) atoms. The lowest BCUT2D eigenvalue weighted by molar-refractivity contribution is 0.220. The third-order valence-corrected chi connectivity index (χ3v) is 4.49. The number of benzene rings is 1. The molecular formula is C18H29NO. The van der Waals surface area contributed by atoms with Gasteiger partial charge in [-0.2, -0.15) is 0 Å². The molecular weight excluding hydrogens is 246 g/mol. The highest BCUT2D eigenvalue weighted by Gasteiger charge is 2.16. The van der Waals surface area contributed by atoms with Gasteiger partial charge in [-0.25, -0.2) is 0 Å². The van der Waals surface area contributed by atoms with Crippen molar-refractivity contribution in [3.63, 3.8) is 0 Å². The van der Waals surface area contributed by atoms with Crippen molar-refractivity contribution in [1.82, 2.24) is 5.32 Å². The van der Waals surface area contributed by atoms with E-state index in [4.69, 9.17) is 4.74 Å². The fourth-order valence-electron chi connectivity index (χ4n) is 2.86. The first kappa shape index (κ1) is 15.4. The van der Waals surface area contributed by atoms with Crippen LogP contribution < -0.4 is 10.1 Å². The molecule has 112 valence electrons. The maximum atomic E-state index is 6.05. The Hall–Kier alpha value is -1.02. The SMILES string of the molecule is CCCNC(COc1ccc2c(c1)CCC2)C(C)CC. The fourth-order valence-corrected chi connectivity index (χ4v) is 2.86. The topological polar surface area (TPSA) is 21.3 Å². The monoisotopic (exact) mass is 275 g/mol. The van der Waals surface area contributed by atoms with Gasteiger partial charge in [0, 0.05) is 6.04 Å². The molecule has 2 nitrogen and oxygen atoms in total. The Bertz CT molecular complexity index is 416. The number of aryl methyl sites for hydroxylation is 2. The van der Waals surface area contributed by atoms with Gasteiger partial charge in [-0.3, -0.25) is 0 Å². The van der Waals surface area contributed by atoms with Crippen LogP contribution >= 0.6 is 0 Å². The van der Waals surface area contributed by atoms with Crippen molar-refractivity contribution in [2.45, 2.75) is 58.9 Å². The first-order valence-electron chi connectivity index (χ1n) is 8.22. The average molecular weight is 275 g/mol. The summed E-state index contributed by atoms with van der Waals surface area (Å²) in [6, 6.07) is 7.08. The maximum absolute atomic E-state index is 6.05. The third-order valence-electron chi connectivity index (χ3n) is 4.49. The molecule has 0 aliphatic heterocycles. The molecule has 2 atom stereocenters. The van der Waals surface area contributed by atoms with E-state index in [1.807, 2.05) is 0 Å². The Morgan fingerprint density at radius 3 is 2.75 bits per heavy atom. The third kappa shape index (κ3) is 3.99. The van der Waals surface area contributed by atoms with Crippen LogP contribution in [0.5, 0.6) is 5.75 Å². The van der Waals surface area contributed by atoms with Gasteiger partial charge in [0.1, 0.15) is 12.4 Å². The van der Waals surface area contributed by atoms with Crippen LogP contribution in [0.25, 0.3) is 0 Å². The van der Waals surface area contributed by atoms with E-state index >= 15 is 0 Å². The Kier molecular flexibility index (Phi) is 5.90. The molecule has 0 saturated carbocycles. The highest BCUT2D eigenvalue weighted by Crippen LogP contribution is 2.26. The molecule has 2 heteroatoms. The van der Waals surface area contributed by atoms with Crippen molar-refractivity contribution in [3.05, 3.63) is 29.3 Å². The molecule has 2 rings (SSSR count). The van der Waals surface area contributed by atoms with Gasteiger partial charge >= 0.3 is 0 Å². The summed E-state index contributed by atoms with van der Waals surface area (Å²) >= 11 is 0. The quantitative estimate of drug-likeness (QED) is 0.775. The Balaban J connectivity index is 1.91. The van der Waals surface area contributed by atoms with Crippen LogP contribution in [-0.2, 0) is 12.8 Å². The summed E-state index contributed by atoms with van der Waals surface area (Å²) < 4.78 is 6.05. The van der Waals surface area contributed by atoms with Crippen LogP contribution in [0.4, 0.5) is 0 Å². The van der Waals surface area contributed by atoms with Crippen LogP contribution in [0, 0.1) is 5.92 Å². The molecule has 1 aliphatic rings. The average Bonchev–Trinajstić information content (AvgIpc) is 2.94. The van der Waals surface area contributed by atoms with Gasteiger partial charge in [-0.15, -0.1) is 0 Å². The largest absolute Gasteiger partial charge is 0.492 e. The van der Waals surface area contributed by atoms with E-state index in [1.54, 1.807) is 0 Å². The lowest BCUT2D eigenvalue weighted by atomic mass is 10.00. The summed E-state index contributed by atoms with van der Waals surface area (Å²) in [7, 11) is 0. The molecule has 1 N–H and O–H groups in total. The standard InChI is InChI=1S/C18H29NO/c1-4-11-19-18(14(3)5-2)13-20-17-10-9-15-7-6-8-16(15)12-17/h9-10,12,14,18-19H,4-8,11,13H2,1-3H3. The number of fused-ring (bicyclic) bond motifs is 1. The van der Waals surface area contributed by atoms with Crippen molar-refractivity contribution in [3.8, 4) is 5.75 Å². The number of rotatable bonds is 8. The van der Waals surface area contributed by atoms with E-state index in [0.717, 1.165) is 18.9 Å². The Morgan fingerprint density at radius 1 is 1.20 bits per heavy atom. The highest BCUT2D eigenvalue weighted by molar-refractivity contribution is 5.38. The Labute approximate surface area is 123 Å². The smallest absolute Gasteiger partial charge is 0.119 e. The van der Waals surface area contributed by atoms with Crippen molar-refractivity contribution in [2.75, 3.05) is 13.2 Å². The summed E-state index contributed by atoms with van der Waals surface area (Å²) in [6.45, 7) is 8.61. The molecule has 0 amide bonds. The minimum Gasteiger partial charge on any atom is -0.492 e. The van der Waals surface area contributed by atoms with Crippen molar-refractivity contribution < 1.29 is 4.74 Å². The van der Waals surface area contributed by atoms with Crippen LogP contribution in [0.3, 0.4) is 0 Å². The second kappa shape index (κ2) is 7.68. The number of hydrogen-bond donors (Lipinski definition) is 1. The molecule has 1 aromatic carbocycles. The predicted octanol–water partition coefficient (Wildman–Crippen LogP) is 3.97. The molecule has 0 radical (unpaired) electrons. The zero-order valence-electron chi connectivity index (χ0n) is 13.2. The van der Waals surface area contributed by atoms with Crippen LogP contribution in [0.2, 0.25) is 0 Å². The summed E-state index contributed by atoms with van der Waals surface area (Å²) in [5.74, 6) is 1.69. The van der Waals surface area contributed by atoms with Crippen LogP contribution in [0.1, 0.15) is 51.2 Å². The summed E-state index contributed by atoms with van der Waals surface area (Å²) in [5, 5.41) is 3.62. The molecule has 0 bridgehead atoms. The van der Waals surface area contributed by atoms with Gasteiger partial charge < -0.3 is 10.1 Å². The van der Waals surface area contributed by atoms with Crippen molar-refractivity contribution >= 4 is 0 Å². The molecule has 2 unspecified atom stereocenters. The molecule has 0 fully saturated rings. The zero-order chi connectivity index (χ0) is 14.4. The molecule has 0 saturated heterocycles. The van der Waals surface area contributed by atoms with Crippen molar-refractivity contribution in [2.24, 2.45) is 5.92 Å². The van der Waals surface area contributed by atoms with E-state index < -0.39 is 0 Å². The van der Waals surface area contributed by atoms with Gasteiger partial charge in [0.05, 0.1) is 0 Å². The predicted molar refractivity (Wildman–Crippen MR) is 85.5 cm³/mol. The van der Waals surface area contributed by atoms with E-state index in [9.17, 15) is 0 Å². The molecule has 1 aromatic rings. The molecule has 0 aromatic heterocycles. The molecule has 0 spiro atoms. The highest BCUT2D eigenvalue weighted by atomic mass is 16.5. The van der Waals surface area contributed by atoms with Crippen LogP contribution in [0.15, 0.2) is 18.2 Å². The minimum absolute atomic E-state index is 0.452. The van der Waals surface area contributed by atoms with E-state index in [2.05, 4.69) is 44.3 Å². The van der Waals surface area contributed by atoms with E-state index in [-0.39, 0.29) is 0 Å². The van der Waals surface area contributed by atoms with Gasteiger partial charge in [0.2, 0.25) is 0 Å². The number of hydrogen-bond acceptors (Lipinski definition) is 2. The maximum Gasteiger partial charge on any atom is 0.119 e. The lowest BCUT2D eigenvalue weighted by Gasteiger charge is -2.24. The first-order valence-corrected chi connectivity index (χ1v) is 8.22. The van der Waals surface area contributed by atoms with Crippen molar-refractivity contribution in [1.29, 1.82) is 0 Å². The minimum atomic E-state index is 0.452. The van der Waals surface area contributed by atoms with Gasteiger partial charge in [0.25, 0.3) is 0 Å². The summed E-state index contributed by atoms with van der Waals surface area (Å²) in [5.41, 5.74) is 3.00. The second-order valence-corrected chi connectivity index (χ2v) is 6.04. The van der Waals surface area contributed by atoms with Crippen LogP contribution in [-0.4, -0.2) is 19.2 Å². The lowest BCUT2D eigenvalue weighted by Crippen LogP contribution is -2.40. The van der Waals surface area contributed by atoms with E-state index in [1.165, 1.54) is 43.2 Å². The Morgan fingerprint density at radius 2 is 2.00 bits per heavy atom. The molecule has 0 heterocycles. The molecule has 1 aliphatic carbocycles. The first-order chi connectivity index (χ1) is 9.74. The van der Waals surface area contributed by atoms with E-state index in [0.29, 0.717) is 12.0 Å². The van der Waals surface area contributed by atoms with Gasteiger partial charge in [0.15, 0.2) is 0 Å². The number of ether oxygens (including phenoxy) is 1. The second-order valence-electron chi connectivity index (χ2n) is 6.04. The van der Waals surface area contributed by atoms with Gasteiger partial charge in [-0.1, -0.05) is 33.3 Å². The summed E-state index contributed by atoms with van der Waals surface area (Å²) in [6.07, 6.45) is 6.12. The fraction of sp³-hybridized carbons (Fsp3) is 0.667. The number of nitrogens with one attached hydrogen (secondary N) is 1. The summed E-state index contributed by atoms with van der Waals surface area (Å²) in [4.78, 5) is 0. The van der Waals surface area contributed by atoms with Gasteiger partial charge in [-0.05, 0) is 61.4 Å². The zero-order valence-corrected chi connectivity index (χ0v) is 13.2. The normalized spacial score (nSPS) is 16.8.